The highest BCUT2D eigenvalue weighted by Crippen LogP contribution is 2.38. The Kier molecular flexibility index (Phi) is 8.67. The predicted octanol–water partition coefficient (Wildman–Crippen LogP) is 5.12. The second-order valence-corrected chi connectivity index (χ2v) is 9.38. The van der Waals surface area contributed by atoms with E-state index in [9.17, 15) is 9.59 Å². The van der Waals surface area contributed by atoms with Gasteiger partial charge in [-0.1, -0.05) is 32.0 Å². The van der Waals surface area contributed by atoms with Gasteiger partial charge in [0.1, 0.15) is 5.00 Å². The standard InChI is InChI=1S/C25H35N3O2S/c1-4-28(5-2)17-11-12-18(3)26-24(30)22-20-15-9-10-16-21(20)31-25(22)27-23(29)19-13-7-6-8-14-19/h6-8,13-14,18H,4-5,9-12,15-17H2,1-3H3,(H,26,30)(H,27,29)/t18-/m1/s1. The predicted molar refractivity (Wildman–Crippen MR) is 129 cm³/mol. The Morgan fingerprint density at radius 1 is 1.06 bits per heavy atom. The Morgan fingerprint density at radius 3 is 2.48 bits per heavy atom. The molecule has 0 aliphatic heterocycles. The zero-order valence-electron chi connectivity index (χ0n) is 19.0. The molecule has 1 aliphatic rings. The van der Waals surface area contributed by atoms with Crippen molar-refractivity contribution in [2.45, 2.75) is 65.3 Å². The molecule has 2 aromatic rings. The summed E-state index contributed by atoms with van der Waals surface area (Å²) in [4.78, 5) is 29.7. The molecule has 1 aromatic heterocycles. The van der Waals surface area contributed by atoms with E-state index < -0.39 is 0 Å². The molecule has 0 fully saturated rings. The van der Waals surface area contributed by atoms with Crippen LogP contribution in [0.2, 0.25) is 0 Å². The fraction of sp³-hybridized carbons (Fsp3) is 0.520. The van der Waals surface area contributed by atoms with Crippen LogP contribution in [0.5, 0.6) is 0 Å². The van der Waals surface area contributed by atoms with E-state index in [0.29, 0.717) is 16.1 Å². The SMILES string of the molecule is CCN(CC)CCC[C@@H](C)NC(=O)c1c(NC(=O)c2ccccc2)sc2c1CCCC2. The molecule has 0 saturated carbocycles. The number of fused-ring (bicyclic) bond motifs is 1. The zero-order chi connectivity index (χ0) is 22.2. The first kappa shape index (κ1) is 23.5. The van der Waals surface area contributed by atoms with Crippen molar-refractivity contribution in [1.82, 2.24) is 10.2 Å². The quantitative estimate of drug-likeness (QED) is 0.538. The van der Waals surface area contributed by atoms with E-state index in [-0.39, 0.29) is 17.9 Å². The van der Waals surface area contributed by atoms with Crippen LogP contribution in [-0.2, 0) is 12.8 Å². The second kappa shape index (κ2) is 11.4. The molecule has 0 spiro atoms. The van der Waals surface area contributed by atoms with Gasteiger partial charge < -0.3 is 15.5 Å². The van der Waals surface area contributed by atoms with E-state index in [1.807, 2.05) is 18.2 Å². The minimum atomic E-state index is -0.166. The van der Waals surface area contributed by atoms with E-state index in [1.54, 1.807) is 23.5 Å². The third-order valence-electron chi connectivity index (χ3n) is 6.04. The summed E-state index contributed by atoms with van der Waals surface area (Å²) < 4.78 is 0. The summed E-state index contributed by atoms with van der Waals surface area (Å²) in [6, 6.07) is 9.27. The lowest BCUT2D eigenvalue weighted by Gasteiger charge is -2.20. The van der Waals surface area contributed by atoms with Gasteiger partial charge >= 0.3 is 0 Å². The number of carbonyl (C=O) groups is 2. The number of hydrogen-bond donors (Lipinski definition) is 2. The number of benzene rings is 1. The summed E-state index contributed by atoms with van der Waals surface area (Å²) in [5.41, 5.74) is 2.41. The Morgan fingerprint density at radius 2 is 1.77 bits per heavy atom. The van der Waals surface area contributed by atoms with Gasteiger partial charge in [-0.05, 0) is 82.8 Å². The molecule has 31 heavy (non-hydrogen) atoms. The molecule has 5 nitrogen and oxygen atoms in total. The van der Waals surface area contributed by atoms with Crippen LogP contribution in [0, 0.1) is 0 Å². The van der Waals surface area contributed by atoms with Gasteiger partial charge in [0, 0.05) is 16.5 Å². The molecule has 0 unspecified atom stereocenters. The van der Waals surface area contributed by atoms with Crippen LogP contribution in [0.15, 0.2) is 30.3 Å². The number of amides is 2. The Labute approximate surface area is 190 Å². The van der Waals surface area contributed by atoms with E-state index >= 15 is 0 Å². The molecule has 2 N–H and O–H groups in total. The Hall–Kier alpha value is -2.18. The number of nitrogens with one attached hydrogen (secondary N) is 2. The van der Waals surface area contributed by atoms with Gasteiger partial charge in [0.25, 0.3) is 11.8 Å². The number of thiophene rings is 1. The van der Waals surface area contributed by atoms with Crippen LogP contribution in [-0.4, -0.2) is 42.4 Å². The molecule has 0 saturated heterocycles. The lowest BCUT2D eigenvalue weighted by atomic mass is 9.95. The Bertz CT molecular complexity index is 874. The van der Waals surface area contributed by atoms with Crippen molar-refractivity contribution in [2.24, 2.45) is 0 Å². The summed E-state index contributed by atoms with van der Waals surface area (Å²) in [6.07, 6.45) is 6.13. The number of nitrogens with zero attached hydrogens (tertiary/aromatic N) is 1. The van der Waals surface area contributed by atoms with E-state index in [2.05, 4.69) is 36.3 Å². The smallest absolute Gasteiger partial charge is 0.256 e. The molecule has 168 valence electrons. The molecule has 1 aliphatic carbocycles. The van der Waals surface area contributed by atoms with Gasteiger partial charge in [0.05, 0.1) is 5.56 Å². The first-order chi connectivity index (χ1) is 15.0. The third-order valence-corrected chi connectivity index (χ3v) is 7.25. The summed E-state index contributed by atoms with van der Waals surface area (Å²) in [5.74, 6) is -0.224. The normalized spacial score (nSPS) is 14.2. The first-order valence-corrected chi connectivity index (χ1v) is 12.4. The highest BCUT2D eigenvalue weighted by molar-refractivity contribution is 7.17. The van der Waals surface area contributed by atoms with Crippen LogP contribution in [0.3, 0.4) is 0 Å². The monoisotopic (exact) mass is 441 g/mol. The molecule has 6 heteroatoms. The van der Waals surface area contributed by atoms with Crippen molar-refractivity contribution in [1.29, 1.82) is 0 Å². The number of carbonyl (C=O) groups excluding carboxylic acids is 2. The molecule has 0 radical (unpaired) electrons. The van der Waals surface area contributed by atoms with E-state index in [1.165, 1.54) is 4.88 Å². The molecular weight excluding hydrogens is 406 g/mol. The number of hydrogen-bond acceptors (Lipinski definition) is 4. The fourth-order valence-electron chi connectivity index (χ4n) is 4.19. The minimum absolute atomic E-state index is 0.0573. The maximum atomic E-state index is 13.3. The molecule has 3 rings (SSSR count). The van der Waals surface area contributed by atoms with Crippen molar-refractivity contribution in [2.75, 3.05) is 25.0 Å². The van der Waals surface area contributed by atoms with Gasteiger partial charge in [0.2, 0.25) is 0 Å². The number of rotatable bonds is 10. The molecule has 1 atom stereocenters. The molecular formula is C25H35N3O2S. The van der Waals surface area contributed by atoms with Gasteiger partial charge in [-0.25, -0.2) is 0 Å². The highest BCUT2D eigenvalue weighted by atomic mass is 32.1. The second-order valence-electron chi connectivity index (χ2n) is 8.28. The topological polar surface area (TPSA) is 61.4 Å². The van der Waals surface area contributed by atoms with Crippen molar-refractivity contribution in [3.05, 3.63) is 51.9 Å². The first-order valence-electron chi connectivity index (χ1n) is 11.6. The average molecular weight is 442 g/mol. The Balaban J connectivity index is 1.70. The summed E-state index contributed by atoms with van der Waals surface area (Å²) in [7, 11) is 0. The van der Waals surface area contributed by atoms with Crippen molar-refractivity contribution < 1.29 is 9.59 Å². The van der Waals surface area contributed by atoms with Crippen LogP contribution in [0.1, 0.15) is 77.6 Å². The van der Waals surface area contributed by atoms with Gasteiger partial charge in [-0.15, -0.1) is 11.3 Å². The van der Waals surface area contributed by atoms with Crippen LogP contribution in [0.25, 0.3) is 0 Å². The third kappa shape index (κ3) is 6.17. The van der Waals surface area contributed by atoms with Crippen molar-refractivity contribution in [3.8, 4) is 0 Å². The lowest BCUT2D eigenvalue weighted by Crippen LogP contribution is -2.34. The molecule has 2 amide bonds. The van der Waals surface area contributed by atoms with Crippen molar-refractivity contribution >= 4 is 28.2 Å². The number of anilines is 1. The summed E-state index contributed by atoms with van der Waals surface area (Å²) >= 11 is 1.57. The van der Waals surface area contributed by atoms with Crippen LogP contribution >= 0.6 is 11.3 Å². The molecule has 0 bridgehead atoms. The van der Waals surface area contributed by atoms with E-state index in [0.717, 1.165) is 63.7 Å². The number of aryl methyl sites for hydroxylation is 1. The minimum Gasteiger partial charge on any atom is -0.349 e. The highest BCUT2D eigenvalue weighted by Gasteiger charge is 2.27. The van der Waals surface area contributed by atoms with Crippen LogP contribution < -0.4 is 10.6 Å². The van der Waals surface area contributed by atoms with Gasteiger partial charge in [-0.3, -0.25) is 9.59 Å². The van der Waals surface area contributed by atoms with Crippen molar-refractivity contribution in [3.63, 3.8) is 0 Å². The van der Waals surface area contributed by atoms with Gasteiger partial charge in [-0.2, -0.15) is 0 Å². The van der Waals surface area contributed by atoms with E-state index in [4.69, 9.17) is 0 Å². The molecule has 1 heterocycles. The maximum absolute atomic E-state index is 13.3. The summed E-state index contributed by atoms with van der Waals surface area (Å²) in [6.45, 7) is 9.60. The maximum Gasteiger partial charge on any atom is 0.256 e. The molecule has 1 aromatic carbocycles. The van der Waals surface area contributed by atoms with Crippen LogP contribution in [0.4, 0.5) is 5.00 Å². The largest absolute Gasteiger partial charge is 0.349 e. The summed E-state index contributed by atoms with van der Waals surface area (Å²) in [5, 5.41) is 6.91. The van der Waals surface area contributed by atoms with Gasteiger partial charge in [0.15, 0.2) is 0 Å². The zero-order valence-corrected chi connectivity index (χ0v) is 19.8. The average Bonchev–Trinajstić information content (AvgIpc) is 3.15. The lowest BCUT2D eigenvalue weighted by molar-refractivity contribution is 0.0937. The fourth-order valence-corrected chi connectivity index (χ4v) is 5.47.